The Hall–Kier alpha value is -1.26. The number of hydrogen-bond donors (Lipinski definition) is 2. The van der Waals surface area contributed by atoms with Gasteiger partial charge in [0.15, 0.2) is 6.10 Å². The fourth-order valence-corrected chi connectivity index (χ4v) is 0.824. The van der Waals surface area contributed by atoms with Crippen LogP contribution in [0.1, 0.15) is 6.42 Å². The first-order valence-corrected chi connectivity index (χ1v) is 2.94. The highest BCUT2D eigenvalue weighted by molar-refractivity contribution is 5.84. The lowest BCUT2D eigenvalue weighted by atomic mass is 10.3. The van der Waals surface area contributed by atoms with E-state index >= 15 is 0 Å². The summed E-state index contributed by atoms with van der Waals surface area (Å²) in [5.74, 6) is -0.265. The van der Waals surface area contributed by atoms with Crippen molar-refractivity contribution in [2.45, 2.75) is 12.5 Å². The molecule has 1 heterocycles. The molecule has 10 heavy (non-hydrogen) atoms. The maximum Gasteiger partial charge on any atom is 0.405 e. The summed E-state index contributed by atoms with van der Waals surface area (Å²) in [5.41, 5.74) is 4.69. The summed E-state index contributed by atoms with van der Waals surface area (Å²) in [5, 5.41) is 2.50. The molecule has 0 bridgehead atoms. The van der Waals surface area contributed by atoms with E-state index in [2.05, 4.69) is 10.1 Å². The minimum absolute atomic E-state index is 0.265. The van der Waals surface area contributed by atoms with Gasteiger partial charge in [0, 0.05) is 13.0 Å². The highest BCUT2D eigenvalue weighted by atomic mass is 16.6. The molecule has 0 aromatic rings. The molecule has 0 radical (unpaired) electrons. The van der Waals surface area contributed by atoms with Crippen LogP contribution in [0, 0.1) is 0 Å². The smallest absolute Gasteiger partial charge is 0.405 e. The third-order valence-electron chi connectivity index (χ3n) is 1.26. The minimum atomic E-state index is -0.901. The third-order valence-corrected chi connectivity index (χ3v) is 1.26. The van der Waals surface area contributed by atoms with Crippen LogP contribution in [0.3, 0.4) is 0 Å². The zero-order valence-electron chi connectivity index (χ0n) is 5.29. The van der Waals surface area contributed by atoms with E-state index in [0.29, 0.717) is 13.0 Å². The second-order valence-electron chi connectivity index (χ2n) is 2.01. The highest BCUT2D eigenvalue weighted by Gasteiger charge is 2.26. The Labute approximate surface area is 57.5 Å². The van der Waals surface area contributed by atoms with Crippen molar-refractivity contribution in [3.05, 3.63) is 0 Å². The Morgan fingerprint density at radius 3 is 2.90 bits per heavy atom. The van der Waals surface area contributed by atoms with Crippen molar-refractivity contribution in [3.63, 3.8) is 0 Å². The van der Waals surface area contributed by atoms with E-state index in [1.807, 2.05) is 0 Å². The summed E-state index contributed by atoms with van der Waals surface area (Å²) in [4.78, 5) is 20.8. The lowest BCUT2D eigenvalue weighted by Gasteiger charge is -2.04. The van der Waals surface area contributed by atoms with Crippen LogP contribution in [0.4, 0.5) is 4.79 Å². The van der Waals surface area contributed by atoms with Gasteiger partial charge in [0.05, 0.1) is 0 Å². The molecule has 1 atom stereocenters. The predicted molar refractivity (Wildman–Crippen MR) is 32.1 cm³/mol. The Kier molecular flexibility index (Phi) is 1.75. The molecular weight excluding hydrogens is 136 g/mol. The fourth-order valence-electron chi connectivity index (χ4n) is 0.824. The monoisotopic (exact) mass is 144 g/mol. The van der Waals surface area contributed by atoms with Crippen LogP contribution in [-0.2, 0) is 9.53 Å². The van der Waals surface area contributed by atoms with Crippen LogP contribution < -0.4 is 11.1 Å². The van der Waals surface area contributed by atoms with Crippen LogP contribution in [0.2, 0.25) is 0 Å². The van der Waals surface area contributed by atoms with Crippen LogP contribution in [0.5, 0.6) is 0 Å². The molecule has 0 spiro atoms. The molecule has 2 amide bonds. The number of rotatable bonds is 1. The summed E-state index contributed by atoms with van der Waals surface area (Å²) < 4.78 is 4.45. The van der Waals surface area contributed by atoms with E-state index in [-0.39, 0.29) is 5.91 Å². The van der Waals surface area contributed by atoms with Crippen molar-refractivity contribution >= 4 is 12.0 Å². The molecule has 56 valence electrons. The largest absolute Gasteiger partial charge is 0.436 e. The van der Waals surface area contributed by atoms with Gasteiger partial charge in [-0.1, -0.05) is 0 Å². The van der Waals surface area contributed by atoms with E-state index in [4.69, 9.17) is 5.73 Å². The van der Waals surface area contributed by atoms with Crippen LogP contribution in [0.25, 0.3) is 0 Å². The topological polar surface area (TPSA) is 81.4 Å². The Balaban J connectivity index is 2.40. The zero-order chi connectivity index (χ0) is 7.56. The molecule has 1 rings (SSSR count). The molecule has 1 saturated heterocycles. The molecule has 5 heteroatoms. The number of carbonyl (C=O) groups is 2. The van der Waals surface area contributed by atoms with Gasteiger partial charge in [-0.05, 0) is 0 Å². The average molecular weight is 144 g/mol. The normalized spacial score (nSPS) is 24.0. The van der Waals surface area contributed by atoms with E-state index in [0.717, 1.165) is 0 Å². The van der Waals surface area contributed by atoms with Crippen molar-refractivity contribution in [1.29, 1.82) is 0 Å². The number of primary amides is 1. The van der Waals surface area contributed by atoms with Crippen LogP contribution >= 0.6 is 0 Å². The molecule has 0 aromatic carbocycles. The third kappa shape index (κ3) is 1.37. The van der Waals surface area contributed by atoms with E-state index < -0.39 is 12.2 Å². The first-order chi connectivity index (χ1) is 4.70. The molecule has 3 N–H and O–H groups in total. The molecule has 0 saturated carbocycles. The lowest BCUT2D eigenvalue weighted by Crippen LogP contribution is -2.29. The molecule has 1 aliphatic rings. The standard InChI is InChI=1S/C5H8N2O3/c6-5(9)10-3-1-2-7-4(3)8/h3H,1-2H2,(H2,6,9)(H,7,8). The van der Waals surface area contributed by atoms with Gasteiger partial charge < -0.3 is 15.8 Å². The van der Waals surface area contributed by atoms with E-state index in [9.17, 15) is 9.59 Å². The van der Waals surface area contributed by atoms with Gasteiger partial charge in [-0.25, -0.2) is 4.79 Å². The highest BCUT2D eigenvalue weighted by Crippen LogP contribution is 2.03. The predicted octanol–water partition coefficient (Wildman–Crippen LogP) is -1.03. The summed E-state index contributed by atoms with van der Waals surface area (Å²) in [6, 6.07) is 0. The second kappa shape index (κ2) is 2.55. The summed E-state index contributed by atoms with van der Waals surface area (Å²) in [7, 11) is 0. The number of hydrogen-bond acceptors (Lipinski definition) is 3. The average Bonchev–Trinajstić information content (AvgIpc) is 2.15. The van der Waals surface area contributed by atoms with Gasteiger partial charge in [0.25, 0.3) is 5.91 Å². The minimum Gasteiger partial charge on any atom is -0.436 e. The maximum absolute atomic E-state index is 10.7. The van der Waals surface area contributed by atoms with Gasteiger partial charge in [-0.3, -0.25) is 4.79 Å². The number of carbonyl (C=O) groups excluding carboxylic acids is 2. The Morgan fingerprint density at radius 2 is 2.50 bits per heavy atom. The fraction of sp³-hybridized carbons (Fsp3) is 0.600. The van der Waals surface area contributed by atoms with Crippen LogP contribution in [-0.4, -0.2) is 24.6 Å². The Morgan fingerprint density at radius 1 is 1.80 bits per heavy atom. The second-order valence-corrected chi connectivity index (χ2v) is 2.01. The van der Waals surface area contributed by atoms with Gasteiger partial charge in [0.1, 0.15) is 0 Å². The lowest BCUT2D eigenvalue weighted by molar-refractivity contribution is -0.126. The van der Waals surface area contributed by atoms with Gasteiger partial charge in [-0.2, -0.15) is 0 Å². The summed E-state index contributed by atoms with van der Waals surface area (Å²) in [6.07, 6.45) is -1.05. The van der Waals surface area contributed by atoms with Crippen molar-refractivity contribution < 1.29 is 14.3 Å². The number of nitrogens with one attached hydrogen (secondary N) is 1. The molecule has 0 aliphatic carbocycles. The maximum atomic E-state index is 10.7. The van der Waals surface area contributed by atoms with Gasteiger partial charge in [-0.15, -0.1) is 0 Å². The van der Waals surface area contributed by atoms with E-state index in [1.165, 1.54) is 0 Å². The first-order valence-electron chi connectivity index (χ1n) is 2.94. The molecule has 1 aliphatic heterocycles. The number of amides is 2. The quantitative estimate of drug-likeness (QED) is 0.493. The molecule has 1 unspecified atom stereocenters. The number of nitrogens with two attached hydrogens (primary N) is 1. The first kappa shape index (κ1) is 6.85. The van der Waals surface area contributed by atoms with E-state index in [1.54, 1.807) is 0 Å². The van der Waals surface area contributed by atoms with Crippen LogP contribution in [0.15, 0.2) is 0 Å². The molecular formula is C5H8N2O3. The SMILES string of the molecule is NC(=O)OC1CCNC1=O. The van der Waals surface area contributed by atoms with Crippen molar-refractivity contribution in [1.82, 2.24) is 5.32 Å². The molecule has 0 aromatic heterocycles. The van der Waals surface area contributed by atoms with Crippen molar-refractivity contribution in [2.75, 3.05) is 6.54 Å². The molecule has 5 nitrogen and oxygen atoms in total. The molecule has 1 fully saturated rings. The summed E-state index contributed by atoms with van der Waals surface area (Å²) in [6.45, 7) is 0.552. The number of ether oxygens (including phenoxy) is 1. The zero-order valence-corrected chi connectivity index (χ0v) is 5.29. The van der Waals surface area contributed by atoms with Crippen molar-refractivity contribution in [3.8, 4) is 0 Å². The van der Waals surface area contributed by atoms with Crippen molar-refractivity contribution in [2.24, 2.45) is 5.73 Å². The van der Waals surface area contributed by atoms with Gasteiger partial charge in [0.2, 0.25) is 0 Å². The summed E-state index contributed by atoms with van der Waals surface area (Å²) >= 11 is 0. The van der Waals surface area contributed by atoms with Gasteiger partial charge >= 0.3 is 6.09 Å². The Bertz CT molecular complexity index is 168.